The van der Waals surface area contributed by atoms with Gasteiger partial charge >= 0.3 is 0 Å². The summed E-state index contributed by atoms with van der Waals surface area (Å²) < 4.78 is 13.0. The van der Waals surface area contributed by atoms with Crippen molar-refractivity contribution < 1.29 is 4.39 Å². The van der Waals surface area contributed by atoms with Gasteiger partial charge in [0.2, 0.25) is 5.95 Å². The quantitative estimate of drug-likeness (QED) is 0.763. The number of H-pyrrole nitrogens is 1. The van der Waals surface area contributed by atoms with Crippen molar-refractivity contribution in [1.82, 2.24) is 15.2 Å². The third kappa shape index (κ3) is 3.91. The summed E-state index contributed by atoms with van der Waals surface area (Å²) in [7, 11) is 0. The fourth-order valence-electron chi connectivity index (χ4n) is 2.82. The summed E-state index contributed by atoms with van der Waals surface area (Å²) in [5.41, 5.74) is 4.98. The van der Waals surface area contributed by atoms with E-state index in [4.69, 9.17) is 0 Å². The maximum atomic E-state index is 13.0. The molecule has 2 aromatic carbocycles. The maximum Gasteiger partial charge on any atom is 0.274 e. The minimum atomic E-state index is -0.316. The van der Waals surface area contributed by atoms with Crippen LogP contribution in [0.3, 0.4) is 0 Å². The lowest BCUT2D eigenvalue weighted by molar-refractivity contribution is 0.627. The van der Waals surface area contributed by atoms with Gasteiger partial charge < -0.3 is 5.32 Å². The molecule has 1 aromatic heterocycles. The van der Waals surface area contributed by atoms with Gasteiger partial charge in [0.25, 0.3) is 5.56 Å². The number of hydrogen-bond donors (Lipinski definition) is 2. The second kappa shape index (κ2) is 6.84. The van der Waals surface area contributed by atoms with Gasteiger partial charge in [0.1, 0.15) is 11.5 Å². The number of rotatable bonds is 4. The standard InChI is InChI=1S/C19H19FN4O/c1-11-8-12(2)17(13(3)9-11)21-19-22-18(25)16(23-24-19)10-14-4-6-15(20)7-5-14/h4-9H,10H2,1-3H3,(H2,21,22,24,25). The van der Waals surface area contributed by atoms with Crippen molar-refractivity contribution in [3.8, 4) is 0 Å². The molecule has 2 N–H and O–H groups in total. The molecule has 3 rings (SSSR count). The van der Waals surface area contributed by atoms with Crippen LogP contribution in [0, 0.1) is 26.6 Å². The van der Waals surface area contributed by atoms with E-state index in [2.05, 4.69) is 32.6 Å². The number of nitrogens with zero attached hydrogens (tertiary/aromatic N) is 2. The molecule has 6 heteroatoms. The van der Waals surface area contributed by atoms with Gasteiger partial charge in [-0.05, 0) is 49.6 Å². The average Bonchev–Trinajstić information content (AvgIpc) is 2.55. The largest absolute Gasteiger partial charge is 0.324 e. The number of anilines is 2. The van der Waals surface area contributed by atoms with Gasteiger partial charge in [-0.1, -0.05) is 29.8 Å². The van der Waals surface area contributed by atoms with E-state index in [0.29, 0.717) is 12.4 Å². The Morgan fingerprint density at radius 2 is 1.68 bits per heavy atom. The zero-order chi connectivity index (χ0) is 18.0. The highest BCUT2D eigenvalue weighted by molar-refractivity contribution is 5.63. The van der Waals surface area contributed by atoms with E-state index in [0.717, 1.165) is 22.4 Å². The van der Waals surface area contributed by atoms with Crippen LogP contribution < -0.4 is 10.9 Å². The Morgan fingerprint density at radius 3 is 2.28 bits per heavy atom. The summed E-state index contributed by atoms with van der Waals surface area (Å²) in [5, 5.41) is 11.2. The maximum absolute atomic E-state index is 13.0. The molecular formula is C19H19FN4O. The molecule has 0 unspecified atom stereocenters. The molecule has 0 saturated carbocycles. The predicted molar refractivity (Wildman–Crippen MR) is 95.8 cm³/mol. The predicted octanol–water partition coefficient (Wildman–Crippen LogP) is 3.56. The van der Waals surface area contributed by atoms with E-state index in [-0.39, 0.29) is 17.1 Å². The fraction of sp³-hybridized carbons (Fsp3) is 0.211. The Bertz CT molecular complexity index is 941. The van der Waals surface area contributed by atoms with Crippen molar-refractivity contribution in [2.45, 2.75) is 27.2 Å². The van der Waals surface area contributed by atoms with Gasteiger partial charge in [-0.15, -0.1) is 10.2 Å². The van der Waals surface area contributed by atoms with Gasteiger partial charge in [0, 0.05) is 12.1 Å². The molecule has 0 aliphatic carbocycles. The molecule has 0 radical (unpaired) electrons. The van der Waals surface area contributed by atoms with Crippen molar-refractivity contribution in [2.75, 3.05) is 5.32 Å². The molecule has 0 aliphatic heterocycles. The average molecular weight is 338 g/mol. The smallest absolute Gasteiger partial charge is 0.274 e. The zero-order valence-corrected chi connectivity index (χ0v) is 14.4. The van der Waals surface area contributed by atoms with Gasteiger partial charge in [0.05, 0.1) is 0 Å². The van der Waals surface area contributed by atoms with Crippen molar-refractivity contribution in [1.29, 1.82) is 0 Å². The zero-order valence-electron chi connectivity index (χ0n) is 14.4. The molecule has 0 aliphatic rings. The summed E-state index contributed by atoms with van der Waals surface area (Å²) in [6.07, 6.45) is 0.297. The second-order valence-corrected chi connectivity index (χ2v) is 6.15. The first-order valence-corrected chi connectivity index (χ1v) is 7.97. The number of hydrogen-bond acceptors (Lipinski definition) is 4. The van der Waals surface area contributed by atoms with Crippen LogP contribution in [0.1, 0.15) is 27.9 Å². The molecule has 0 saturated heterocycles. The van der Waals surface area contributed by atoms with E-state index >= 15 is 0 Å². The van der Waals surface area contributed by atoms with Gasteiger partial charge in [-0.2, -0.15) is 0 Å². The highest BCUT2D eigenvalue weighted by Gasteiger charge is 2.09. The molecule has 0 spiro atoms. The van der Waals surface area contributed by atoms with Crippen LogP contribution in [0.15, 0.2) is 41.2 Å². The van der Waals surface area contributed by atoms with Crippen LogP contribution in [0.4, 0.5) is 16.0 Å². The topological polar surface area (TPSA) is 70.7 Å². The summed E-state index contributed by atoms with van der Waals surface area (Å²) in [6.45, 7) is 6.03. The number of benzene rings is 2. The van der Waals surface area contributed by atoms with E-state index in [9.17, 15) is 9.18 Å². The van der Waals surface area contributed by atoms with Crippen molar-refractivity contribution >= 4 is 11.6 Å². The lowest BCUT2D eigenvalue weighted by Crippen LogP contribution is -2.19. The first-order chi connectivity index (χ1) is 11.9. The lowest BCUT2D eigenvalue weighted by atomic mass is 10.1. The molecule has 25 heavy (non-hydrogen) atoms. The third-order valence-electron chi connectivity index (χ3n) is 3.97. The van der Waals surface area contributed by atoms with Crippen LogP contribution in [-0.2, 0) is 6.42 Å². The molecule has 0 fully saturated rings. The SMILES string of the molecule is Cc1cc(C)c(Nc2nnc(Cc3ccc(F)cc3)c(=O)[nH]2)c(C)c1. The Morgan fingerprint density at radius 1 is 1.04 bits per heavy atom. The highest BCUT2D eigenvalue weighted by atomic mass is 19.1. The molecule has 0 atom stereocenters. The van der Waals surface area contributed by atoms with Gasteiger partial charge in [-0.25, -0.2) is 4.39 Å². The Balaban J connectivity index is 1.83. The molecule has 3 aromatic rings. The molecular weight excluding hydrogens is 319 g/mol. The normalized spacial score (nSPS) is 10.7. The van der Waals surface area contributed by atoms with Crippen LogP contribution in [-0.4, -0.2) is 15.2 Å². The van der Waals surface area contributed by atoms with E-state index in [1.807, 2.05) is 20.8 Å². The van der Waals surface area contributed by atoms with E-state index in [1.54, 1.807) is 12.1 Å². The first kappa shape index (κ1) is 16.8. The highest BCUT2D eigenvalue weighted by Crippen LogP contribution is 2.23. The number of aryl methyl sites for hydroxylation is 3. The van der Waals surface area contributed by atoms with Crippen LogP contribution in [0.2, 0.25) is 0 Å². The molecule has 0 amide bonds. The summed E-state index contributed by atoms with van der Waals surface area (Å²) in [6, 6.07) is 10.1. The van der Waals surface area contributed by atoms with Crippen molar-refractivity contribution in [3.05, 3.63) is 80.5 Å². The lowest BCUT2D eigenvalue weighted by Gasteiger charge is -2.12. The van der Waals surface area contributed by atoms with E-state index < -0.39 is 0 Å². The first-order valence-electron chi connectivity index (χ1n) is 7.97. The van der Waals surface area contributed by atoms with Gasteiger partial charge in [0.15, 0.2) is 0 Å². The number of aromatic nitrogens is 3. The molecule has 5 nitrogen and oxygen atoms in total. The Labute approximate surface area is 145 Å². The van der Waals surface area contributed by atoms with Crippen molar-refractivity contribution in [2.24, 2.45) is 0 Å². The third-order valence-corrected chi connectivity index (χ3v) is 3.97. The molecule has 128 valence electrons. The number of halogens is 1. The van der Waals surface area contributed by atoms with Crippen LogP contribution in [0.5, 0.6) is 0 Å². The summed E-state index contributed by atoms with van der Waals surface area (Å²) in [4.78, 5) is 15.0. The fourth-order valence-corrected chi connectivity index (χ4v) is 2.82. The number of aromatic amines is 1. The minimum absolute atomic E-state index is 0.287. The van der Waals surface area contributed by atoms with E-state index in [1.165, 1.54) is 17.7 Å². The van der Waals surface area contributed by atoms with Crippen LogP contribution >= 0.6 is 0 Å². The Kier molecular flexibility index (Phi) is 4.61. The Hall–Kier alpha value is -3.02. The number of nitrogens with one attached hydrogen (secondary N) is 2. The molecule has 0 bridgehead atoms. The summed E-state index contributed by atoms with van der Waals surface area (Å²) in [5.74, 6) is -0.0185. The molecule has 1 heterocycles. The van der Waals surface area contributed by atoms with Crippen molar-refractivity contribution in [3.63, 3.8) is 0 Å². The second-order valence-electron chi connectivity index (χ2n) is 6.15. The summed E-state index contributed by atoms with van der Waals surface area (Å²) >= 11 is 0. The van der Waals surface area contributed by atoms with Crippen LogP contribution in [0.25, 0.3) is 0 Å². The van der Waals surface area contributed by atoms with Gasteiger partial charge in [-0.3, -0.25) is 9.78 Å². The minimum Gasteiger partial charge on any atom is -0.324 e. The monoisotopic (exact) mass is 338 g/mol.